The van der Waals surface area contributed by atoms with E-state index < -0.39 is 17.5 Å². The Labute approximate surface area is 110 Å². The summed E-state index contributed by atoms with van der Waals surface area (Å²) in [5.74, 6) is -0.705. The molecule has 98 valence electrons. The lowest BCUT2D eigenvalue weighted by Gasteiger charge is -2.20. The molecule has 0 N–H and O–H groups in total. The average Bonchev–Trinajstić information content (AvgIpc) is 2.60. The van der Waals surface area contributed by atoms with Crippen molar-refractivity contribution in [3.8, 4) is 6.07 Å². The molecular formula is C14H13FN2O2. The molecule has 0 aliphatic rings. The molecule has 2 rings (SSSR count). The van der Waals surface area contributed by atoms with Gasteiger partial charge in [-0.1, -0.05) is 12.1 Å². The molecule has 1 aromatic carbocycles. The Kier molecular flexibility index (Phi) is 3.03. The highest BCUT2D eigenvalue weighted by Crippen LogP contribution is 2.25. The van der Waals surface area contributed by atoms with E-state index in [1.54, 1.807) is 45.0 Å². The molecule has 0 radical (unpaired) electrons. The summed E-state index contributed by atoms with van der Waals surface area (Å²) in [7, 11) is 0. The van der Waals surface area contributed by atoms with Gasteiger partial charge in [0.25, 0.3) is 0 Å². The minimum absolute atomic E-state index is 0.227. The first-order valence-electron chi connectivity index (χ1n) is 5.77. The predicted octanol–water partition coefficient (Wildman–Crippen LogP) is 3.44. The normalized spacial score (nSPS) is 11.3. The van der Waals surface area contributed by atoms with Crippen LogP contribution in [0.5, 0.6) is 0 Å². The van der Waals surface area contributed by atoms with Crippen molar-refractivity contribution in [1.82, 2.24) is 4.57 Å². The quantitative estimate of drug-likeness (QED) is 0.729. The molecule has 1 aromatic heterocycles. The van der Waals surface area contributed by atoms with Crippen LogP contribution >= 0.6 is 0 Å². The lowest BCUT2D eigenvalue weighted by atomic mass is 10.2. The van der Waals surface area contributed by atoms with Gasteiger partial charge in [-0.15, -0.1) is 0 Å². The van der Waals surface area contributed by atoms with E-state index in [4.69, 9.17) is 10.00 Å². The topological polar surface area (TPSA) is 55.0 Å². The van der Waals surface area contributed by atoms with Crippen LogP contribution in [-0.2, 0) is 4.74 Å². The van der Waals surface area contributed by atoms with Crippen molar-refractivity contribution in [2.45, 2.75) is 26.4 Å². The van der Waals surface area contributed by atoms with E-state index in [1.165, 1.54) is 6.07 Å². The van der Waals surface area contributed by atoms with E-state index in [1.807, 2.05) is 0 Å². The van der Waals surface area contributed by atoms with Crippen LogP contribution in [0.15, 0.2) is 24.3 Å². The van der Waals surface area contributed by atoms with E-state index in [-0.39, 0.29) is 11.1 Å². The molecule has 0 aliphatic carbocycles. The number of hydrogen-bond acceptors (Lipinski definition) is 3. The molecule has 0 unspecified atom stereocenters. The van der Waals surface area contributed by atoms with E-state index >= 15 is 0 Å². The van der Waals surface area contributed by atoms with Gasteiger partial charge in [-0.2, -0.15) is 5.26 Å². The van der Waals surface area contributed by atoms with Crippen molar-refractivity contribution < 1.29 is 13.9 Å². The first-order chi connectivity index (χ1) is 8.85. The number of carbonyl (C=O) groups is 1. The minimum atomic E-state index is -0.760. The van der Waals surface area contributed by atoms with Gasteiger partial charge in [0.2, 0.25) is 0 Å². The smallest absolute Gasteiger partial charge is 0.420 e. The van der Waals surface area contributed by atoms with Gasteiger partial charge >= 0.3 is 6.09 Å². The first kappa shape index (κ1) is 13.1. The van der Waals surface area contributed by atoms with Crippen molar-refractivity contribution >= 4 is 17.0 Å². The zero-order chi connectivity index (χ0) is 14.2. The van der Waals surface area contributed by atoms with Crippen LogP contribution in [0.4, 0.5) is 9.18 Å². The standard InChI is InChI=1S/C14H13FN2O2/c1-14(2,3)19-13(18)17-10-7-5-4-6-9(10)12(15)11(17)8-16/h4-7H,1-3H3. The van der Waals surface area contributed by atoms with Crippen LogP contribution in [0.25, 0.3) is 10.9 Å². The van der Waals surface area contributed by atoms with E-state index in [2.05, 4.69) is 0 Å². The summed E-state index contributed by atoms with van der Waals surface area (Å²) >= 11 is 0. The molecule has 0 spiro atoms. The van der Waals surface area contributed by atoms with Crippen LogP contribution in [0.3, 0.4) is 0 Å². The third kappa shape index (κ3) is 2.29. The molecule has 2 aromatic rings. The number of carbonyl (C=O) groups excluding carboxylic acids is 1. The SMILES string of the molecule is CC(C)(C)OC(=O)n1c(C#N)c(F)c2ccccc21. The van der Waals surface area contributed by atoms with Crippen molar-refractivity contribution in [2.75, 3.05) is 0 Å². The fraction of sp³-hybridized carbons (Fsp3) is 0.286. The number of aromatic nitrogens is 1. The number of rotatable bonds is 0. The van der Waals surface area contributed by atoms with Crippen molar-refractivity contribution in [3.63, 3.8) is 0 Å². The summed E-state index contributed by atoms with van der Waals surface area (Å²) in [4.78, 5) is 12.1. The third-order valence-corrected chi connectivity index (χ3v) is 2.49. The van der Waals surface area contributed by atoms with Gasteiger partial charge in [-0.05, 0) is 32.9 Å². The molecule has 0 saturated heterocycles. The van der Waals surface area contributed by atoms with Crippen molar-refractivity contribution in [3.05, 3.63) is 35.8 Å². The van der Waals surface area contributed by atoms with Gasteiger partial charge < -0.3 is 4.74 Å². The van der Waals surface area contributed by atoms with Crippen molar-refractivity contribution in [2.24, 2.45) is 0 Å². The minimum Gasteiger partial charge on any atom is -0.443 e. The van der Waals surface area contributed by atoms with Crippen LogP contribution in [0.1, 0.15) is 26.5 Å². The van der Waals surface area contributed by atoms with Gasteiger partial charge in [-0.25, -0.2) is 13.8 Å². The summed E-state index contributed by atoms with van der Waals surface area (Å²) in [6, 6.07) is 8.12. The van der Waals surface area contributed by atoms with Crippen LogP contribution in [-0.4, -0.2) is 16.3 Å². The number of halogens is 1. The third-order valence-electron chi connectivity index (χ3n) is 2.49. The molecule has 0 bridgehead atoms. The first-order valence-corrected chi connectivity index (χ1v) is 5.77. The summed E-state index contributed by atoms with van der Waals surface area (Å²) in [5.41, 5.74) is -0.729. The lowest BCUT2D eigenvalue weighted by molar-refractivity contribution is 0.0542. The Hall–Kier alpha value is -2.35. The summed E-state index contributed by atoms with van der Waals surface area (Å²) in [6.45, 7) is 5.12. The molecule has 1 heterocycles. The van der Waals surface area contributed by atoms with Crippen LogP contribution < -0.4 is 0 Å². The highest BCUT2D eigenvalue weighted by molar-refractivity contribution is 5.92. The monoisotopic (exact) mass is 260 g/mol. The van der Waals surface area contributed by atoms with Crippen LogP contribution in [0.2, 0.25) is 0 Å². The van der Waals surface area contributed by atoms with Crippen LogP contribution in [0, 0.1) is 17.1 Å². The van der Waals surface area contributed by atoms with E-state index in [9.17, 15) is 9.18 Å². The number of hydrogen-bond donors (Lipinski definition) is 0. The summed E-state index contributed by atoms with van der Waals surface area (Å²) in [6.07, 6.45) is -0.760. The summed E-state index contributed by atoms with van der Waals surface area (Å²) in [5, 5.41) is 9.26. The van der Waals surface area contributed by atoms with Gasteiger partial charge in [0.1, 0.15) is 11.7 Å². The second kappa shape index (κ2) is 4.39. The molecule has 0 atom stereocenters. The van der Waals surface area contributed by atoms with E-state index in [0.717, 1.165) is 4.57 Å². The number of nitrogens with zero attached hydrogens (tertiary/aromatic N) is 2. The molecule has 19 heavy (non-hydrogen) atoms. The van der Waals surface area contributed by atoms with Crippen molar-refractivity contribution in [1.29, 1.82) is 5.26 Å². The Morgan fingerprint density at radius 1 is 1.37 bits per heavy atom. The molecule has 0 fully saturated rings. The van der Waals surface area contributed by atoms with Gasteiger partial charge in [0, 0.05) is 5.39 Å². The maximum Gasteiger partial charge on any atom is 0.420 e. The van der Waals surface area contributed by atoms with Gasteiger partial charge in [0.15, 0.2) is 11.5 Å². The number of benzene rings is 1. The predicted molar refractivity (Wildman–Crippen MR) is 68.2 cm³/mol. The molecule has 4 nitrogen and oxygen atoms in total. The molecular weight excluding hydrogens is 247 g/mol. The highest BCUT2D eigenvalue weighted by atomic mass is 19.1. The number of nitriles is 1. The second-order valence-corrected chi connectivity index (χ2v) is 5.11. The van der Waals surface area contributed by atoms with Gasteiger partial charge in [-0.3, -0.25) is 0 Å². The largest absolute Gasteiger partial charge is 0.443 e. The summed E-state index contributed by atoms with van der Waals surface area (Å²) < 4.78 is 20.2. The van der Waals surface area contributed by atoms with E-state index in [0.29, 0.717) is 5.52 Å². The van der Waals surface area contributed by atoms with Gasteiger partial charge in [0.05, 0.1) is 5.52 Å². The molecule has 0 saturated carbocycles. The fourth-order valence-corrected chi connectivity index (χ4v) is 1.80. The Bertz CT molecular complexity index is 690. The maximum absolute atomic E-state index is 14.0. The zero-order valence-corrected chi connectivity index (χ0v) is 10.9. The Morgan fingerprint density at radius 2 is 2.00 bits per heavy atom. The number of fused-ring (bicyclic) bond motifs is 1. The molecule has 0 aliphatic heterocycles. The average molecular weight is 260 g/mol. The second-order valence-electron chi connectivity index (χ2n) is 5.11. The highest BCUT2D eigenvalue weighted by Gasteiger charge is 2.25. The Balaban J connectivity index is 2.66. The zero-order valence-electron chi connectivity index (χ0n) is 10.9. The number of para-hydroxylation sites is 1. The Morgan fingerprint density at radius 3 is 2.58 bits per heavy atom. The lowest BCUT2D eigenvalue weighted by Crippen LogP contribution is -2.27. The maximum atomic E-state index is 14.0. The number of ether oxygens (including phenoxy) is 1. The molecule has 0 amide bonds. The fourth-order valence-electron chi connectivity index (χ4n) is 1.80. The molecule has 5 heteroatoms.